The monoisotopic (exact) mass is 315 g/mol. The lowest BCUT2D eigenvalue weighted by molar-refractivity contribution is 0.329. The molecule has 1 saturated heterocycles. The molecule has 2 aromatic rings. The van der Waals surface area contributed by atoms with Crippen LogP contribution in [0, 0.1) is 0 Å². The predicted molar refractivity (Wildman–Crippen MR) is 88.0 cm³/mol. The number of rotatable bonds is 3. The SMILES string of the molecule is O=S(=O)(c1ccccc1)N1CCCCCC1c1ccccc1. The molecule has 0 bridgehead atoms. The van der Waals surface area contributed by atoms with Crippen LogP contribution in [0.2, 0.25) is 0 Å². The van der Waals surface area contributed by atoms with Crippen LogP contribution in [0.25, 0.3) is 0 Å². The van der Waals surface area contributed by atoms with Gasteiger partial charge in [0.25, 0.3) is 0 Å². The first-order valence-electron chi connectivity index (χ1n) is 7.81. The topological polar surface area (TPSA) is 37.4 Å². The van der Waals surface area contributed by atoms with Gasteiger partial charge in [0, 0.05) is 6.54 Å². The minimum atomic E-state index is -3.45. The molecule has 4 heteroatoms. The van der Waals surface area contributed by atoms with Gasteiger partial charge in [-0.1, -0.05) is 61.4 Å². The standard InChI is InChI=1S/C18H21NO2S/c20-22(21,17-12-6-2-7-13-17)19-15-9-3-8-14-18(19)16-10-4-1-5-11-16/h1-2,4-7,10-13,18H,3,8-9,14-15H2. The molecule has 3 rings (SSSR count). The van der Waals surface area contributed by atoms with E-state index in [9.17, 15) is 8.42 Å². The zero-order chi connectivity index (χ0) is 15.4. The maximum absolute atomic E-state index is 13.0. The van der Waals surface area contributed by atoms with Gasteiger partial charge >= 0.3 is 0 Å². The second kappa shape index (κ2) is 6.63. The van der Waals surface area contributed by atoms with Gasteiger partial charge in [-0.15, -0.1) is 0 Å². The Morgan fingerprint density at radius 3 is 2.14 bits per heavy atom. The summed E-state index contributed by atoms with van der Waals surface area (Å²) in [5.74, 6) is 0. The average molecular weight is 315 g/mol. The van der Waals surface area contributed by atoms with Crippen LogP contribution in [-0.4, -0.2) is 19.3 Å². The Bertz CT molecular complexity index is 698. The minimum Gasteiger partial charge on any atom is -0.207 e. The van der Waals surface area contributed by atoms with Crippen LogP contribution in [0.5, 0.6) is 0 Å². The van der Waals surface area contributed by atoms with Crippen LogP contribution < -0.4 is 0 Å². The molecular formula is C18H21NO2S. The van der Waals surface area contributed by atoms with E-state index in [1.54, 1.807) is 28.6 Å². The Hall–Kier alpha value is -1.65. The van der Waals surface area contributed by atoms with Gasteiger partial charge in [-0.3, -0.25) is 0 Å². The summed E-state index contributed by atoms with van der Waals surface area (Å²) in [4.78, 5) is 0.387. The van der Waals surface area contributed by atoms with Crippen molar-refractivity contribution < 1.29 is 8.42 Å². The zero-order valence-electron chi connectivity index (χ0n) is 12.6. The van der Waals surface area contributed by atoms with Gasteiger partial charge in [0.05, 0.1) is 10.9 Å². The average Bonchev–Trinajstić information content (AvgIpc) is 2.83. The quantitative estimate of drug-likeness (QED) is 0.859. The Kier molecular flexibility index (Phi) is 4.60. The highest BCUT2D eigenvalue weighted by Crippen LogP contribution is 2.34. The van der Waals surface area contributed by atoms with E-state index >= 15 is 0 Å². The highest BCUT2D eigenvalue weighted by molar-refractivity contribution is 7.89. The highest BCUT2D eigenvalue weighted by atomic mass is 32.2. The van der Waals surface area contributed by atoms with E-state index < -0.39 is 10.0 Å². The van der Waals surface area contributed by atoms with Crippen molar-refractivity contribution in [1.82, 2.24) is 4.31 Å². The fraction of sp³-hybridized carbons (Fsp3) is 0.333. The summed E-state index contributed by atoms with van der Waals surface area (Å²) in [5.41, 5.74) is 1.09. The maximum atomic E-state index is 13.0. The molecule has 0 radical (unpaired) electrons. The second-order valence-corrected chi connectivity index (χ2v) is 7.60. The summed E-state index contributed by atoms with van der Waals surface area (Å²) in [7, 11) is -3.45. The summed E-state index contributed by atoms with van der Waals surface area (Å²) in [6, 6.07) is 18.7. The van der Waals surface area contributed by atoms with Crippen molar-refractivity contribution in [1.29, 1.82) is 0 Å². The molecule has 1 aliphatic rings. The fourth-order valence-electron chi connectivity index (χ4n) is 3.11. The number of hydrogen-bond donors (Lipinski definition) is 0. The van der Waals surface area contributed by atoms with Gasteiger partial charge in [-0.25, -0.2) is 8.42 Å². The molecule has 0 aromatic heterocycles. The lowest BCUT2D eigenvalue weighted by Gasteiger charge is -2.29. The van der Waals surface area contributed by atoms with Crippen LogP contribution >= 0.6 is 0 Å². The number of benzene rings is 2. The van der Waals surface area contributed by atoms with Crippen molar-refractivity contribution >= 4 is 10.0 Å². The van der Waals surface area contributed by atoms with E-state index in [0.29, 0.717) is 11.4 Å². The normalized spacial score (nSPS) is 20.5. The van der Waals surface area contributed by atoms with E-state index in [1.807, 2.05) is 36.4 Å². The van der Waals surface area contributed by atoms with Crippen molar-refractivity contribution in [2.75, 3.05) is 6.54 Å². The number of hydrogen-bond acceptors (Lipinski definition) is 2. The first-order valence-corrected chi connectivity index (χ1v) is 9.25. The van der Waals surface area contributed by atoms with Crippen LogP contribution in [-0.2, 0) is 10.0 Å². The summed E-state index contributed by atoms with van der Waals surface area (Å²) in [6.45, 7) is 0.594. The van der Waals surface area contributed by atoms with E-state index in [1.165, 1.54) is 0 Å². The Morgan fingerprint density at radius 1 is 0.818 bits per heavy atom. The third-order valence-electron chi connectivity index (χ3n) is 4.24. The van der Waals surface area contributed by atoms with Gasteiger partial charge in [0.1, 0.15) is 0 Å². The lowest BCUT2D eigenvalue weighted by Crippen LogP contribution is -2.34. The molecule has 0 amide bonds. The molecule has 3 nitrogen and oxygen atoms in total. The van der Waals surface area contributed by atoms with Gasteiger partial charge in [-0.05, 0) is 30.5 Å². The first kappa shape index (κ1) is 15.3. The van der Waals surface area contributed by atoms with Crippen molar-refractivity contribution in [2.45, 2.75) is 36.6 Å². The van der Waals surface area contributed by atoms with Crippen molar-refractivity contribution in [3.63, 3.8) is 0 Å². The molecule has 116 valence electrons. The molecule has 2 aromatic carbocycles. The van der Waals surface area contributed by atoms with Gasteiger partial charge in [0.15, 0.2) is 0 Å². The molecule has 1 unspecified atom stereocenters. The third kappa shape index (κ3) is 3.08. The summed E-state index contributed by atoms with van der Waals surface area (Å²) < 4.78 is 27.8. The van der Waals surface area contributed by atoms with E-state index in [0.717, 1.165) is 31.2 Å². The summed E-state index contributed by atoms with van der Waals surface area (Å²) >= 11 is 0. The maximum Gasteiger partial charge on any atom is 0.243 e. The van der Waals surface area contributed by atoms with E-state index in [4.69, 9.17) is 0 Å². The molecule has 1 fully saturated rings. The van der Waals surface area contributed by atoms with Crippen LogP contribution in [0.1, 0.15) is 37.3 Å². The van der Waals surface area contributed by atoms with Crippen molar-refractivity contribution in [3.8, 4) is 0 Å². The second-order valence-electron chi connectivity index (χ2n) is 5.70. The smallest absolute Gasteiger partial charge is 0.207 e. The molecule has 1 atom stereocenters. The Labute approximate surface area is 132 Å². The van der Waals surface area contributed by atoms with Gasteiger partial charge in [-0.2, -0.15) is 4.31 Å². The summed E-state index contributed by atoms with van der Waals surface area (Å²) in [6.07, 6.45) is 3.97. The number of sulfonamides is 1. The Morgan fingerprint density at radius 2 is 1.45 bits per heavy atom. The zero-order valence-corrected chi connectivity index (χ0v) is 13.4. The molecule has 1 heterocycles. The summed E-state index contributed by atoms with van der Waals surface area (Å²) in [5, 5.41) is 0. The number of nitrogens with zero attached hydrogens (tertiary/aromatic N) is 1. The molecular weight excluding hydrogens is 294 g/mol. The predicted octanol–water partition coefficient (Wildman–Crippen LogP) is 3.99. The van der Waals surface area contributed by atoms with E-state index in [-0.39, 0.29) is 6.04 Å². The molecule has 0 aliphatic carbocycles. The van der Waals surface area contributed by atoms with Crippen LogP contribution in [0.4, 0.5) is 0 Å². The molecule has 0 N–H and O–H groups in total. The molecule has 0 spiro atoms. The fourth-order valence-corrected chi connectivity index (χ4v) is 4.81. The molecule has 0 saturated carbocycles. The highest BCUT2D eigenvalue weighted by Gasteiger charge is 2.33. The largest absolute Gasteiger partial charge is 0.243 e. The lowest BCUT2D eigenvalue weighted by atomic mass is 10.0. The Balaban J connectivity index is 2.01. The molecule has 1 aliphatic heterocycles. The van der Waals surface area contributed by atoms with Crippen LogP contribution in [0.15, 0.2) is 65.6 Å². The van der Waals surface area contributed by atoms with Crippen molar-refractivity contribution in [3.05, 3.63) is 66.2 Å². The first-order chi connectivity index (χ1) is 10.7. The van der Waals surface area contributed by atoms with Gasteiger partial charge < -0.3 is 0 Å². The van der Waals surface area contributed by atoms with E-state index in [2.05, 4.69) is 0 Å². The minimum absolute atomic E-state index is 0.0612. The van der Waals surface area contributed by atoms with Crippen molar-refractivity contribution in [2.24, 2.45) is 0 Å². The third-order valence-corrected chi connectivity index (χ3v) is 6.16. The van der Waals surface area contributed by atoms with Crippen LogP contribution in [0.3, 0.4) is 0 Å². The van der Waals surface area contributed by atoms with Gasteiger partial charge in [0.2, 0.25) is 10.0 Å². The molecule has 22 heavy (non-hydrogen) atoms.